The van der Waals surface area contributed by atoms with E-state index < -0.39 is 5.82 Å². The van der Waals surface area contributed by atoms with Crippen molar-refractivity contribution in [3.63, 3.8) is 0 Å². The number of aromatic nitrogens is 2. The van der Waals surface area contributed by atoms with Crippen LogP contribution in [0.2, 0.25) is 0 Å². The molecule has 0 unspecified atom stereocenters. The van der Waals surface area contributed by atoms with Gasteiger partial charge in [-0.15, -0.1) is 0 Å². The van der Waals surface area contributed by atoms with Crippen LogP contribution < -0.4 is 10.6 Å². The minimum atomic E-state index is -0.564. The molecule has 26 heavy (non-hydrogen) atoms. The first-order chi connectivity index (χ1) is 12.1. The van der Waals surface area contributed by atoms with Gasteiger partial charge in [0, 0.05) is 24.2 Å². The lowest BCUT2D eigenvalue weighted by Gasteiger charge is -2.22. The highest BCUT2D eigenvalue weighted by Gasteiger charge is 2.32. The number of halogens is 1. The van der Waals surface area contributed by atoms with Gasteiger partial charge in [0.15, 0.2) is 5.69 Å². The fourth-order valence-corrected chi connectivity index (χ4v) is 2.80. The molecule has 3 rings (SSSR count). The third kappa shape index (κ3) is 3.92. The van der Waals surface area contributed by atoms with E-state index in [1.807, 2.05) is 31.5 Å². The fraction of sp³-hybridized carbons (Fsp3) is 0.421. The third-order valence-electron chi connectivity index (χ3n) is 4.14. The van der Waals surface area contributed by atoms with Crippen LogP contribution in [-0.4, -0.2) is 21.6 Å². The first-order valence-corrected chi connectivity index (χ1v) is 8.64. The second kappa shape index (κ2) is 6.55. The van der Waals surface area contributed by atoms with Crippen molar-refractivity contribution >= 4 is 23.2 Å². The molecule has 0 atom stereocenters. The summed E-state index contributed by atoms with van der Waals surface area (Å²) in [6.07, 6.45) is 2.22. The van der Waals surface area contributed by atoms with Crippen LogP contribution in [0.1, 0.15) is 62.6 Å². The maximum Gasteiger partial charge on any atom is 0.276 e. The van der Waals surface area contributed by atoms with Crippen molar-refractivity contribution in [3.8, 4) is 0 Å². The normalized spacial score (nSPS) is 14.2. The Bertz CT molecular complexity index is 863. The number of nitrogens with zero attached hydrogens (tertiary/aromatic N) is 2. The van der Waals surface area contributed by atoms with Gasteiger partial charge in [0.2, 0.25) is 5.91 Å². The number of benzene rings is 1. The SMILES string of the molecule is CC(=O)Nc1cc(NC(=O)c2cc(C3CC3)n(C(C)(C)C)n2)ccc1F. The molecule has 2 N–H and O–H groups in total. The van der Waals surface area contributed by atoms with Crippen LogP contribution in [0.15, 0.2) is 24.3 Å². The Hall–Kier alpha value is -2.70. The zero-order valence-electron chi connectivity index (χ0n) is 15.4. The van der Waals surface area contributed by atoms with Gasteiger partial charge in [-0.25, -0.2) is 4.39 Å². The molecule has 2 aromatic rings. The van der Waals surface area contributed by atoms with Gasteiger partial charge in [-0.1, -0.05) is 0 Å². The Labute approximate surface area is 151 Å². The van der Waals surface area contributed by atoms with Crippen molar-refractivity contribution in [2.75, 3.05) is 10.6 Å². The van der Waals surface area contributed by atoms with E-state index in [-0.39, 0.29) is 23.0 Å². The van der Waals surface area contributed by atoms with Gasteiger partial charge in [0.25, 0.3) is 5.91 Å². The van der Waals surface area contributed by atoms with E-state index in [0.717, 1.165) is 18.5 Å². The molecule has 1 saturated carbocycles. The van der Waals surface area contributed by atoms with Gasteiger partial charge in [-0.2, -0.15) is 5.10 Å². The fourth-order valence-electron chi connectivity index (χ4n) is 2.80. The quantitative estimate of drug-likeness (QED) is 0.871. The van der Waals surface area contributed by atoms with E-state index in [9.17, 15) is 14.0 Å². The van der Waals surface area contributed by atoms with Gasteiger partial charge in [0.1, 0.15) is 5.82 Å². The molecule has 0 spiro atoms. The van der Waals surface area contributed by atoms with E-state index in [1.54, 1.807) is 0 Å². The molecule has 0 bridgehead atoms. The number of carbonyl (C=O) groups excluding carboxylic acids is 2. The van der Waals surface area contributed by atoms with E-state index in [4.69, 9.17) is 0 Å². The Balaban J connectivity index is 1.83. The summed E-state index contributed by atoms with van der Waals surface area (Å²) in [7, 11) is 0. The maximum atomic E-state index is 13.7. The van der Waals surface area contributed by atoms with Gasteiger partial charge in [-0.3, -0.25) is 14.3 Å². The van der Waals surface area contributed by atoms with Crippen LogP contribution >= 0.6 is 0 Å². The molecule has 1 heterocycles. The summed E-state index contributed by atoms with van der Waals surface area (Å²) < 4.78 is 15.6. The van der Waals surface area contributed by atoms with Crippen LogP contribution in [0, 0.1) is 5.82 Å². The van der Waals surface area contributed by atoms with E-state index >= 15 is 0 Å². The van der Waals surface area contributed by atoms with Gasteiger partial charge < -0.3 is 10.6 Å². The first kappa shape index (κ1) is 18.1. The van der Waals surface area contributed by atoms with E-state index in [1.165, 1.54) is 25.1 Å². The van der Waals surface area contributed by atoms with Gasteiger partial charge >= 0.3 is 0 Å². The maximum absolute atomic E-state index is 13.7. The zero-order chi connectivity index (χ0) is 19.1. The third-order valence-corrected chi connectivity index (χ3v) is 4.14. The lowest BCUT2D eigenvalue weighted by atomic mass is 10.1. The van der Waals surface area contributed by atoms with Crippen LogP contribution in [0.5, 0.6) is 0 Å². The molecular weight excluding hydrogens is 335 g/mol. The van der Waals surface area contributed by atoms with Crippen molar-refractivity contribution < 1.29 is 14.0 Å². The van der Waals surface area contributed by atoms with Gasteiger partial charge in [0.05, 0.1) is 11.2 Å². The van der Waals surface area contributed by atoms with Crippen molar-refractivity contribution in [1.29, 1.82) is 0 Å². The molecule has 1 aromatic carbocycles. The molecule has 0 radical (unpaired) electrons. The molecular formula is C19H23FN4O2. The minimum absolute atomic E-state index is 0.0224. The molecule has 0 saturated heterocycles. The predicted octanol–water partition coefficient (Wildman–Crippen LogP) is 3.87. The van der Waals surface area contributed by atoms with Crippen LogP contribution in [0.3, 0.4) is 0 Å². The number of hydrogen-bond acceptors (Lipinski definition) is 3. The van der Waals surface area contributed by atoms with E-state index in [0.29, 0.717) is 17.3 Å². The standard InChI is InChI=1S/C19H23FN4O2/c1-11(25)21-15-9-13(7-8-14(15)20)22-18(26)16-10-17(12-5-6-12)24(23-16)19(2,3)4/h7-10,12H,5-6H2,1-4H3,(H,21,25)(H,22,26). The summed E-state index contributed by atoms with van der Waals surface area (Å²) >= 11 is 0. The highest BCUT2D eigenvalue weighted by molar-refractivity contribution is 6.03. The second-order valence-electron chi connectivity index (χ2n) is 7.64. The van der Waals surface area contributed by atoms with E-state index in [2.05, 4.69) is 15.7 Å². The Kier molecular flexibility index (Phi) is 4.56. The highest BCUT2D eigenvalue weighted by Crippen LogP contribution is 2.41. The van der Waals surface area contributed by atoms with Crippen molar-refractivity contribution in [2.45, 2.75) is 52.0 Å². The van der Waals surface area contributed by atoms with Crippen molar-refractivity contribution in [1.82, 2.24) is 9.78 Å². The van der Waals surface area contributed by atoms with Crippen LogP contribution in [0.4, 0.5) is 15.8 Å². The average molecular weight is 358 g/mol. The number of anilines is 2. The highest BCUT2D eigenvalue weighted by atomic mass is 19.1. The largest absolute Gasteiger partial charge is 0.324 e. The molecule has 1 fully saturated rings. The Morgan fingerprint density at radius 1 is 1.19 bits per heavy atom. The topological polar surface area (TPSA) is 76.0 Å². The monoisotopic (exact) mass is 358 g/mol. The zero-order valence-corrected chi connectivity index (χ0v) is 15.4. The summed E-state index contributed by atoms with van der Waals surface area (Å²) in [6.45, 7) is 7.44. The lowest BCUT2D eigenvalue weighted by Crippen LogP contribution is -2.25. The number of amides is 2. The molecule has 2 amide bonds. The molecule has 1 aliphatic carbocycles. The molecule has 0 aliphatic heterocycles. The molecule has 7 heteroatoms. The number of nitrogens with one attached hydrogen (secondary N) is 2. The van der Waals surface area contributed by atoms with Crippen molar-refractivity contribution in [2.24, 2.45) is 0 Å². The molecule has 1 aromatic heterocycles. The summed E-state index contributed by atoms with van der Waals surface area (Å²) in [5, 5.41) is 9.60. The minimum Gasteiger partial charge on any atom is -0.324 e. The Morgan fingerprint density at radius 3 is 2.46 bits per heavy atom. The summed E-state index contributed by atoms with van der Waals surface area (Å²) in [5.74, 6) is -0.854. The number of carbonyl (C=O) groups is 2. The van der Waals surface area contributed by atoms with Crippen LogP contribution in [-0.2, 0) is 10.3 Å². The molecule has 6 nitrogen and oxygen atoms in total. The molecule has 138 valence electrons. The summed E-state index contributed by atoms with van der Waals surface area (Å²) in [4.78, 5) is 23.7. The average Bonchev–Trinajstić information content (AvgIpc) is 3.26. The van der Waals surface area contributed by atoms with Crippen LogP contribution in [0.25, 0.3) is 0 Å². The Morgan fingerprint density at radius 2 is 1.88 bits per heavy atom. The second-order valence-corrected chi connectivity index (χ2v) is 7.64. The summed E-state index contributed by atoms with van der Waals surface area (Å²) in [5.41, 5.74) is 1.59. The number of rotatable bonds is 4. The predicted molar refractivity (Wildman–Crippen MR) is 97.9 cm³/mol. The summed E-state index contributed by atoms with van der Waals surface area (Å²) in [6, 6.07) is 5.86. The van der Waals surface area contributed by atoms with Crippen molar-refractivity contribution in [3.05, 3.63) is 41.5 Å². The van der Waals surface area contributed by atoms with Gasteiger partial charge in [-0.05, 0) is 57.9 Å². The molecule has 1 aliphatic rings. The smallest absolute Gasteiger partial charge is 0.276 e. The number of hydrogen-bond donors (Lipinski definition) is 2. The lowest BCUT2D eigenvalue weighted by molar-refractivity contribution is -0.114. The first-order valence-electron chi connectivity index (χ1n) is 8.64.